The van der Waals surface area contributed by atoms with Gasteiger partial charge in [0, 0.05) is 19.1 Å². The number of esters is 1. The summed E-state index contributed by atoms with van der Waals surface area (Å²) in [5.41, 5.74) is 2.05. The van der Waals surface area contributed by atoms with Gasteiger partial charge in [-0.25, -0.2) is 19.0 Å². The SMILES string of the molecule is COC(=O)c1ccc([C@@H]2[C@@H](c3ccc(F)cc3)C(=O)N2C2CCN(C(=O)n3cncn3)CC2)cc1. The van der Waals surface area contributed by atoms with Crippen LogP contribution in [0.25, 0.3) is 0 Å². The average Bonchev–Trinajstić information content (AvgIpc) is 3.43. The lowest BCUT2D eigenvalue weighted by Gasteiger charge is -2.53. The molecule has 2 amide bonds. The monoisotopic (exact) mass is 477 g/mol. The van der Waals surface area contributed by atoms with Crippen molar-refractivity contribution in [2.75, 3.05) is 20.2 Å². The number of carbonyl (C=O) groups excluding carboxylic acids is 3. The van der Waals surface area contributed by atoms with Crippen molar-refractivity contribution in [1.29, 1.82) is 0 Å². The summed E-state index contributed by atoms with van der Waals surface area (Å²) in [6.45, 7) is 0.977. The summed E-state index contributed by atoms with van der Waals surface area (Å²) in [7, 11) is 1.33. The second-order valence-electron chi connectivity index (χ2n) is 8.67. The van der Waals surface area contributed by atoms with Gasteiger partial charge in [-0.1, -0.05) is 24.3 Å². The number of ether oxygens (including phenoxy) is 1. The predicted octanol–water partition coefficient (Wildman–Crippen LogP) is 3.00. The van der Waals surface area contributed by atoms with Crippen LogP contribution in [0.1, 0.15) is 46.3 Å². The number of likely N-dealkylation sites (tertiary alicyclic amines) is 2. The largest absolute Gasteiger partial charge is 0.465 e. The van der Waals surface area contributed by atoms with Crippen LogP contribution in [-0.2, 0) is 9.53 Å². The lowest BCUT2D eigenvalue weighted by atomic mass is 9.75. The Morgan fingerprint density at radius 3 is 2.26 bits per heavy atom. The molecule has 0 bridgehead atoms. The second kappa shape index (κ2) is 9.28. The molecule has 0 spiro atoms. The lowest BCUT2D eigenvalue weighted by molar-refractivity contribution is -0.156. The molecule has 5 rings (SSSR count). The summed E-state index contributed by atoms with van der Waals surface area (Å²) in [5, 5.41) is 3.90. The van der Waals surface area contributed by atoms with Crippen LogP contribution >= 0.6 is 0 Å². The van der Waals surface area contributed by atoms with E-state index in [4.69, 9.17) is 4.74 Å². The van der Waals surface area contributed by atoms with Crippen LogP contribution in [0.2, 0.25) is 0 Å². The fraction of sp³-hybridized carbons (Fsp3) is 0.320. The number of halogens is 1. The number of β-lactam (4-membered cyclic amide) rings is 1. The van der Waals surface area contributed by atoms with E-state index < -0.39 is 11.9 Å². The molecule has 180 valence electrons. The van der Waals surface area contributed by atoms with E-state index in [1.807, 2.05) is 17.0 Å². The lowest BCUT2D eigenvalue weighted by Crippen LogP contribution is -2.60. The molecule has 3 heterocycles. The number of methoxy groups -OCH3 is 1. The Labute approximate surface area is 201 Å². The molecule has 0 unspecified atom stereocenters. The maximum atomic E-state index is 13.5. The zero-order valence-electron chi connectivity index (χ0n) is 19.1. The molecule has 2 aliphatic rings. The van der Waals surface area contributed by atoms with Crippen LogP contribution < -0.4 is 0 Å². The fourth-order valence-corrected chi connectivity index (χ4v) is 4.99. The minimum Gasteiger partial charge on any atom is -0.465 e. The van der Waals surface area contributed by atoms with Crippen molar-refractivity contribution in [2.24, 2.45) is 0 Å². The summed E-state index contributed by atoms with van der Waals surface area (Å²) in [6.07, 6.45) is 3.93. The van der Waals surface area contributed by atoms with Crippen molar-refractivity contribution in [3.63, 3.8) is 0 Å². The van der Waals surface area contributed by atoms with Crippen molar-refractivity contribution in [3.05, 3.63) is 83.7 Å². The van der Waals surface area contributed by atoms with Crippen LogP contribution in [0, 0.1) is 5.82 Å². The number of amides is 2. The van der Waals surface area contributed by atoms with Crippen molar-refractivity contribution in [1.82, 2.24) is 24.6 Å². The van der Waals surface area contributed by atoms with Gasteiger partial charge in [0.25, 0.3) is 0 Å². The van der Waals surface area contributed by atoms with Crippen LogP contribution in [0.4, 0.5) is 9.18 Å². The van der Waals surface area contributed by atoms with Crippen LogP contribution in [0.3, 0.4) is 0 Å². The van der Waals surface area contributed by atoms with Gasteiger partial charge in [-0.15, -0.1) is 0 Å². The first-order valence-corrected chi connectivity index (χ1v) is 11.4. The molecule has 1 aromatic heterocycles. The molecule has 0 radical (unpaired) electrons. The molecule has 0 aliphatic carbocycles. The van der Waals surface area contributed by atoms with E-state index in [-0.39, 0.29) is 29.8 Å². The van der Waals surface area contributed by atoms with Gasteiger partial charge in [0.1, 0.15) is 18.5 Å². The van der Waals surface area contributed by atoms with Gasteiger partial charge in [0.2, 0.25) is 5.91 Å². The highest BCUT2D eigenvalue weighted by molar-refractivity contribution is 5.92. The molecule has 2 saturated heterocycles. The van der Waals surface area contributed by atoms with E-state index in [0.717, 1.165) is 11.1 Å². The standard InChI is InChI=1S/C25H24FN5O4/c1-35-24(33)18-4-2-17(3-5-18)22-21(16-6-8-19(26)9-7-16)23(32)31(22)20-10-12-29(13-11-20)25(34)30-15-27-14-28-30/h2-9,14-15,20-22H,10-13H2,1H3/t21-,22-/m1/s1. The molecular formula is C25H24FN5O4. The average molecular weight is 477 g/mol. The third kappa shape index (κ3) is 4.16. The number of hydrogen-bond acceptors (Lipinski definition) is 6. The summed E-state index contributed by atoms with van der Waals surface area (Å²) in [5.74, 6) is -1.27. The smallest absolute Gasteiger partial charge is 0.346 e. The molecule has 9 nitrogen and oxygen atoms in total. The Bertz CT molecular complexity index is 1220. The number of carbonyl (C=O) groups is 3. The molecule has 0 saturated carbocycles. The van der Waals surface area contributed by atoms with Gasteiger partial charge in [-0.05, 0) is 48.2 Å². The Morgan fingerprint density at radius 2 is 1.66 bits per heavy atom. The number of aromatic nitrogens is 3. The molecule has 2 aromatic carbocycles. The van der Waals surface area contributed by atoms with Crippen molar-refractivity contribution >= 4 is 17.9 Å². The molecule has 2 fully saturated rings. The third-order valence-corrected chi connectivity index (χ3v) is 6.78. The van der Waals surface area contributed by atoms with Crippen molar-refractivity contribution in [2.45, 2.75) is 30.8 Å². The van der Waals surface area contributed by atoms with Gasteiger partial charge >= 0.3 is 12.0 Å². The van der Waals surface area contributed by atoms with E-state index in [9.17, 15) is 18.8 Å². The highest BCUT2D eigenvalue weighted by Crippen LogP contribution is 2.49. The minimum absolute atomic E-state index is 0.0281. The molecule has 0 N–H and O–H groups in total. The van der Waals surface area contributed by atoms with E-state index in [1.165, 1.54) is 36.6 Å². The first-order chi connectivity index (χ1) is 17.0. The number of nitrogens with zero attached hydrogens (tertiary/aromatic N) is 5. The van der Waals surface area contributed by atoms with E-state index in [1.54, 1.807) is 29.2 Å². The molecule has 2 atom stereocenters. The van der Waals surface area contributed by atoms with Crippen LogP contribution in [0.15, 0.2) is 61.2 Å². The highest BCUT2D eigenvalue weighted by atomic mass is 19.1. The Balaban J connectivity index is 1.38. The molecule has 3 aromatic rings. The van der Waals surface area contributed by atoms with Gasteiger partial charge in [0.05, 0.1) is 24.6 Å². The number of rotatable bonds is 4. The zero-order chi connectivity index (χ0) is 24.5. The molecule has 35 heavy (non-hydrogen) atoms. The third-order valence-electron chi connectivity index (χ3n) is 6.78. The highest BCUT2D eigenvalue weighted by Gasteiger charge is 2.52. The van der Waals surface area contributed by atoms with Crippen LogP contribution in [0.5, 0.6) is 0 Å². The van der Waals surface area contributed by atoms with Gasteiger partial charge in [0.15, 0.2) is 0 Å². The fourth-order valence-electron chi connectivity index (χ4n) is 4.99. The van der Waals surface area contributed by atoms with Gasteiger partial charge in [-0.3, -0.25) is 4.79 Å². The number of benzene rings is 2. The Kier molecular flexibility index (Phi) is 6.02. The van der Waals surface area contributed by atoms with E-state index >= 15 is 0 Å². The summed E-state index contributed by atoms with van der Waals surface area (Å²) >= 11 is 0. The quantitative estimate of drug-likeness (QED) is 0.423. The van der Waals surface area contributed by atoms with Gasteiger partial charge < -0.3 is 14.5 Å². The topological polar surface area (TPSA) is 97.6 Å². The summed E-state index contributed by atoms with van der Waals surface area (Å²) in [4.78, 5) is 45.3. The predicted molar refractivity (Wildman–Crippen MR) is 122 cm³/mol. The number of piperidine rings is 1. The van der Waals surface area contributed by atoms with E-state index in [0.29, 0.717) is 31.5 Å². The summed E-state index contributed by atoms with van der Waals surface area (Å²) in [6, 6.07) is 12.5. The van der Waals surface area contributed by atoms with Crippen LogP contribution in [-0.4, -0.2) is 68.7 Å². The first-order valence-electron chi connectivity index (χ1n) is 11.4. The maximum Gasteiger partial charge on any atom is 0.346 e. The maximum absolute atomic E-state index is 13.5. The van der Waals surface area contributed by atoms with Crippen molar-refractivity contribution < 1.29 is 23.5 Å². The second-order valence-corrected chi connectivity index (χ2v) is 8.67. The minimum atomic E-state index is -0.450. The Hall–Kier alpha value is -4.08. The molecule has 2 aliphatic heterocycles. The zero-order valence-corrected chi connectivity index (χ0v) is 19.1. The number of hydrogen-bond donors (Lipinski definition) is 0. The Morgan fingerprint density at radius 1 is 1.00 bits per heavy atom. The van der Waals surface area contributed by atoms with Gasteiger partial charge in [-0.2, -0.15) is 9.78 Å². The van der Waals surface area contributed by atoms with E-state index in [2.05, 4.69) is 10.1 Å². The summed E-state index contributed by atoms with van der Waals surface area (Å²) < 4.78 is 19.5. The molecular weight excluding hydrogens is 453 g/mol. The van der Waals surface area contributed by atoms with Crippen molar-refractivity contribution in [3.8, 4) is 0 Å². The normalized spacial score (nSPS) is 20.5. The molecule has 10 heteroatoms. The first kappa shape index (κ1) is 22.7.